The fourth-order valence-corrected chi connectivity index (χ4v) is 2.98. The number of furan rings is 1. The number of urea groups is 1. The Morgan fingerprint density at radius 2 is 2.00 bits per heavy atom. The van der Waals surface area contributed by atoms with E-state index in [9.17, 15) is 29.3 Å². The van der Waals surface area contributed by atoms with E-state index in [1.807, 2.05) is 0 Å². The summed E-state index contributed by atoms with van der Waals surface area (Å²) in [4.78, 5) is 59.1. The summed E-state index contributed by atoms with van der Waals surface area (Å²) in [5.41, 5.74) is 4.43. The molecule has 1 saturated heterocycles. The molecule has 1 aliphatic heterocycles. The average molecular weight is 474 g/mol. The number of esters is 1. The Balaban J connectivity index is 1.88. The third-order valence-electron chi connectivity index (χ3n) is 4.47. The van der Waals surface area contributed by atoms with Crippen LogP contribution in [0, 0.1) is 10.1 Å². The predicted octanol–water partition coefficient (Wildman–Crippen LogP) is 0.940. The van der Waals surface area contributed by atoms with E-state index in [4.69, 9.17) is 19.6 Å². The zero-order chi connectivity index (χ0) is 25.0. The van der Waals surface area contributed by atoms with E-state index < -0.39 is 41.0 Å². The molecule has 3 rings (SSSR count). The highest BCUT2D eigenvalue weighted by Gasteiger charge is 2.35. The van der Waals surface area contributed by atoms with Crippen molar-refractivity contribution in [2.75, 3.05) is 20.8 Å². The molecule has 14 nitrogen and oxygen atoms in total. The van der Waals surface area contributed by atoms with E-state index in [1.165, 1.54) is 38.5 Å². The first-order chi connectivity index (χ1) is 16.1. The first-order valence-electron chi connectivity index (χ1n) is 9.43. The molecule has 0 spiro atoms. The number of rotatable bonds is 9. The Bertz CT molecular complexity index is 1220. The van der Waals surface area contributed by atoms with Crippen LogP contribution >= 0.6 is 0 Å². The zero-order valence-electron chi connectivity index (χ0n) is 17.9. The first kappa shape index (κ1) is 23.8. The van der Waals surface area contributed by atoms with Crippen LogP contribution in [0.1, 0.15) is 21.9 Å². The molecule has 0 saturated carbocycles. The molecular formula is C20H18N4O10. The van der Waals surface area contributed by atoms with Crippen molar-refractivity contribution in [2.45, 2.75) is 6.54 Å². The molecule has 2 aromatic rings. The van der Waals surface area contributed by atoms with Crippen molar-refractivity contribution in [1.29, 1.82) is 0 Å². The van der Waals surface area contributed by atoms with Gasteiger partial charge in [-0.05, 0) is 29.8 Å². The Hall–Kier alpha value is -4.88. The van der Waals surface area contributed by atoms with Gasteiger partial charge in [-0.1, -0.05) is 0 Å². The van der Waals surface area contributed by atoms with Gasteiger partial charge in [-0.15, -0.1) is 0 Å². The van der Waals surface area contributed by atoms with Crippen molar-refractivity contribution in [3.63, 3.8) is 0 Å². The van der Waals surface area contributed by atoms with Crippen LogP contribution in [0.4, 0.5) is 10.5 Å². The molecule has 0 atom stereocenters. The van der Waals surface area contributed by atoms with Crippen molar-refractivity contribution in [3.05, 3.63) is 57.2 Å². The van der Waals surface area contributed by atoms with Gasteiger partial charge in [-0.3, -0.25) is 24.6 Å². The number of hydrogen-bond acceptors (Lipinski definition) is 10. The number of hydrogen-bond donors (Lipinski definition) is 2. The molecule has 1 aromatic carbocycles. The number of imide groups is 1. The summed E-state index contributed by atoms with van der Waals surface area (Å²) in [6, 6.07) is 4.36. The summed E-state index contributed by atoms with van der Waals surface area (Å²) in [6.07, 6.45) is 1.20. The molecule has 0 bridgehead atoms. The Kier molecular flexibility index (Phi) is 6.80. The molecule has 4 amide bonds. The lowest BCUT2D eigenvalue weighted by atomic mass is 10.1. The number of methoxy groups -OCH3 is 2. The van der Waals surface area contributed by atoms with Crippen LogP contribution in [-0.2, 0) is 20.9 Å². The minimum atomic E-state index is -0.850. The fourth-order valence-electron chi connectivity index (χ4n) is 2.98. The standard InChI is InChI=1S/C20H18N4O10/c1-31-15-7-10(6-13(24(29)30)17(15)33-9-16(21)25)5-12-18(26)23(20(28)22-12)8-11-3-4-14(34-11)19(27)32-2/h3-7H,8-9H2,1-2H3,(H2,21,25)(H,22,28). The maximum Gasteiger partial charge on any atom is 0.373 e. The number of nitro groups is 1. The molecule has 1 aliphatic rings. The van der Waals surface area contributed by atoms with Crippen molar-refractivity contribution >= 4 is 35.6 Å². The highest BCUT2D eigenvalue weighted by atomic mass is 16.6. The SMILES string of the molecule is COC(=O)c1ccc(CN2C(=O)NC(=Cc3cc(OC)c(OCC(N)=O)c([N+](=O)[O-])c3)C2=O)o1. The van der Waals surface area contributed by atoms with Gasteiger partial charge < -0.3 is 29.7 Å². The molecule has 0 radical (unpaired) electrons. The maximum atomic E-state index is 12.7. The number of benzene rings is 1. The van der Waals surface area contributed by atoms with E-state index in [0.717, 1.165) is 11.0 Å². The van der Waals surface area contributed by atoms with Gasteiger partial charge in [0.1, 0.15) is 11.5 Å². The van der Waals surface area contributed by atoms with E-state index >= 15 is 0 Å². The zero-order valence-corrected chi connectivity index (χ0v) is 17.9. The van der Waals surface area contributed by atoms with Crippen molar-refractivity contribution < 1.29 is 42.7 Å². The monoisotopic (exact) mass is 474 g/mol. The third-order valence-corrected chi connectivity index (χ3v) is 4.47. The van der Waals surface area contributed by atoms with Crippen LogP contribution in [0.3, 0.4) is 0 Å². The summed E-state index contributed by atoms with van der Waals surface area (Å²) in [5, 5.41) is 13.9. The molecule has 0 unspecified atom stereocenters. The molecule has 34 heavy (non-hydrogen) atoms. The number of primary amides is 1. The van der Waals surface area contributed by atoms with E-state index in [-0.39, 0.29) is 40.8 Å². The van der Waals surface area contributed by atoms with E-state index in [0.29, 0.717) is 0 Å². The second-order valence-corrected chi connectivity index (χ2v) is 6.72. The van der Waals surface area contributed by atoms with Crippen LogP contribution < -0.4 is 20.5 Å². The third kappa shape index (κ3) is 4.95. The second kappa shape index (κ2) is 9.72. The number of amides is 4. The number of nitro benzene ring substituents is 1. The minimum Gasteiger partial charge on any atom is -0.493 e. The first-order valence-corrected chi connectivity index (χ1v) is 9.43. The highest BCUT2D eigenvalue weighted by molar-refractivity contribution is 6.13. The van der Waals surface area contributed by atoms with Crippen LogP contribution in [0.5, 0.6) is 11.5 Å². The van der Waals surface area contributed by atoms with Gasteiger partial charge in [0, 0.05) is 6.07 Å². The summed E-state index contributed by atoms with van der Waals surface area (Å²) < 4.78 is 20.0. The van der Waals surface area contributed by atoms with Crippen LogP contribution in [-0.4, -0.2) is 54.5 Å². The van der Waals surface area contributed by atoms with Gasteiger partial charge in [0.2, 0.25) is 11.5 Å². The predicted molar refractivity (Wildman–Crippen MR) is 111 cm³/mol. The maximum absolute atomic E-state index is 12.7. The number of nitrogens with one attached hydrogen (secondary N) is 1. The van der Waals surface area contributed by atoms with Gasteiger partial charge in [-0.2, -0.15) is 0 Å². The van der Waals surface area contributed by atoms with Gasteiger partial charge in [0.15, 0.2) is 12.4 Å². The lowest BCUT2D eigenvalue weighted by molar-refractivity contribution is -0.385. The number of carbonyl (C=O) groups is 4. The minimum absolute atomic E-state index is 0.0955. The van der Waals surface area contributed by atoms with Crippen LogP contribution in [0.15, 0.2) is 34.4 Å². The molecule has 0 aliphatic carbocycles. The molecular weight excluding hydrogens is 456 g/mol. The molecule has 178 valence electrons. The summed E-state index contributed by atoms with van der Waals surface area (Å²) in [6.45, 7) is -0.895. The van der Waals surface area contributed by atoms with E-state index in [2.05, 4.69) is 10.1 Å². The van der Waals surface area contributed by atoms with Crippen molar-refractivity contribution in [3.8, 4) is 11.5 Å². The fraction of sp³-hybridized carbons (Fsp3) is 0.200. The summed E-state index contributed by atoms with van der Waals surface area (Å²) in [5.74, 6) is -2.67. The quantitative estimate of drug-likeness (QED) is 0.174. The highest BCUT2D eigenvalue weighted by Crippen LogP contribution is 2.39. The smallest absolute Gasteiger partial charge is 0.373 e. The Morgan fingerprint density at radius 1 is 1.26 bits per heavy atom. The van der Waals surface area contributed by atoms with Gasteiger partial charge in [0.25, 0.3) is 11.8 Å². The molecule has 3 N–H and O–H groups in total. The molecule has 14 heteroatoms. The largest absolute Gasteiger partial charge is 0.493 e. The Labute approximate surface area is 191 Å². The number of carbonyl (C=O) groups excluding carboxylic acids is 4. The lowest BCUT2D eigenvalue weighted by Crippen LogP contribution is -2.30. The number of nitrogens with zero attached hydrogens (tertiary/aromatic N) is 2. The van der Waals surface area contributed by atoms with Crippen LogP contribution in [0.25, 0.3) is 6.08 Å². The van der Waals surface area contributed by atoms with E-state index in [1.54, 1.807) is 0 Å². The van der Waals surface area contributed by atoms with Crippen molar-refractivity contribution in [2.24, 2.45) is 5.73 Å². The van der Waals surface area contributed by atoms with Crippen LogP contribution in [0.2, 0.25) is 0 Å². The molecule has 1 fully saturated rings. The number of nitrogens with two attached hydrogens (primary N) is 1. The summed E-state index contributed by atoms with van der Waals surface area (Å²) in [7, 11) is 2.40. The summed E-state index contributed by atoms with van der Waals surface area (Å²) >= 11 is 0. The second-order valence-electron chi connectivity index (χ2n) is 6.72. The average Bonchev–Trinajstić information content (AvgIpc) is 3.37. The van der Waals surface area contributed by atoms with Gasteiger partial charge in [0.05, 0.1) is 25.7 Å². The van der Waals surface area contributed by atoms with Crippen molar-refractivity contribution in [1.82, 2.24) is 10.2 Å². The Morgan fingerprint density at radius 3 is 2.62 bits per heavy atom. The van der Waals surface area contributed by atoms with Gasteiger partial charge in [-0.25, -0.2) is 9.59 Å². The topological polar surface area (TPSA) is 194 Å². The lowest BCUT2D eigenvalue weighted by Gasteiger charge is -2.11. The molecule has 1 aromatic heterocycles. The normalized spacial score (nSPS) is 14.2. The number of ether oxygens (including phenoxy) is 3. The molecule has 2 heterocycles. The van der Waals surface area contributed by atoms with Gasteiger partial charge >= 0.3 is 17.7 Å².